The fourth-order valence-electron chi connectivity index (χ4n) is 3.75. The van der Waals surface area contributed by atoms with Crippen LogP contribution in [0, 0.1) is 32.4 Å². The van der Waals surface area contributed by atoms with Gasteiger partial charge in [-0.25, -0.2) is 13.8 Å². The molecule has 4 heteroatoms. The van der Waals surface area contributed by atoms with E-state index in [-0.39, 0.29) is 5.41 Å². The maximum atomic E-state index is 15.0. The van der Waals surface area contributed by atoms with Crippen molar-refractivity contribution in [3.8, 4) is 17.1 Å². The number of benzene rings is 2. The van der Waals surface area contributed by atoms with Crippen molar-refractivity contribution in [1.82, 2.24) is 9.55 Å². The van der Waals surface area contributed by atoms with Crippen LogP contribution in [0.2, 0.25) is 0 Å². The summed E-state index contributed by atoms with van der Waals surface area (Å²) in [6.07, 6.45) is 4.26. The number of aryl methyl sites for hydroxylation is 3. The molecule has 2 aromatic carbocycles. The molecule has 2 nitrogen and oxygen atoms in total. The van der Waals surface area contributed by atoms with Gasteiger partial charge in [0.15, 0.2) is 0 Å². The smallest absolute Gasteiger partial charge is 0.147 e. The van der Waals surface area contributed by atoms with Gasteiger partial charge in [0.05, 0.1) is 11.3 Å². The largest absolute Gasteiger partial charge is 0.299 e. The molecular weight excluding hydrogens is 390 g/mol. The average molecular weight is 427 g/mol. The highest BCUT2D eigenvalue weighted by Gasteiger charge is 2.28. The summed E-state index contributed by atoms with van der Waals surface area (Å²) in [6, 6.07) is 6.59. The van der Waals surface area contributed by atoms with Gasteiger partial charge in [0.25, 0.3) is 0 Å². The number of hydrogen-bond donors (Lipinski definition) is 0. The van der Waals surface area contributed by atoms with E-state index in [2.05, 4.69) is 37.2 Å². The van der Waals surface area contributed by atoms with Crippen molar-refractivity contribution in [2.75, 3.05) is 0 Å². The van der Waals surface area contributed by atoms with Crippen LogP contribution >= 0.6 is 0 Å². The number of halogens is 2. The zero-order valence-electron chi connectivity index (χ0n) is 20.2. The Bertz CT molecular complexity index is 993. The Labute approximate surface area is 186 Å². The summed E-state index contributed by atoms with van der Waals surface area (Å²) in [5.74, 6) is -0.644. The van der Waals surface area contributed by atoms with Crippen molar-refractivity contribution in [2.24, 2.45) is 0 Å². The van der Waals surface area contributed by atoms with Gasteiger partial charge in [-0.1, -0.05) is 52.3 Å². The topological polar surface area (TPSA) is 17.8 Å². The van der Waals surface area contributed by atoms with Crippen LogP contribution < -0.4 is 0 Å². The molecule has 0 radical (unpaired) electrons. The second kappa shape index (κ2) is 11.0. The Balaban J connectivity index is 0.00000113. The molecule has 0 aliphatic rings. The second-order valence-electron chi connectivity index (χ2n) is 7.92. The number of rotatable bonds is 4. The molecule has 1 aromatic heterocycles. The van der Waals surface area contributed by atoms with Gasteiger partial charge in [-0.3, -0.25) is 4.57 Å². The van der Waals surface area contributed by atoms with E-state index in [9.17, 15) is 4.39 Å². The molecule has 31 heavy (non-hydrogen) atoms. The lowest BCUT2D eigenvalue weighted by atomic mass is 9.79. The minimum absolute atomic E-state index is 0.368. The van der Waals surface area contributed by atoms with E-state index in [1.165, 1.54) is 11.6 Å². The van der Waals surface area contributed by atoms with Gasteiger partial charge in [0.1, 0.15) is 17.5 Å². The highest BCUT2D eigenvalue weighted by atomic mass is 19.1. The van der Waals surface area contributed by atoms with Crippen molar-refractivity contribution in [1.29, 1.82) is 0 Å². The van der Waals surface area contributed by atoms with E-state index >= 15 is 4.39 Å². The molecule has 0 saturated heterocycles. The summed E-state index contributed by atoms with van der Waals surface area (Å²) >= 11 is 0. The molecule has 168 valence electrons. The lowest BCUT2D eigenvalue weighted by molar-refractivity contribution is 0.493. The quantitative estimate of drug-likeness (QED) is 0.384. The van der Waals surface area contributed by atoms with E-state index in [0.717, 1.165) is 29.3 Å². The summed E-state index contributed by atoms with van der Waals surface area (Å²) in [6.45, 7) is 22.2. The van der Waals surface area contributed by atoms with Crippen LogP contribution in [-0.2, 0) is 5.41 Å². The van der Waals surface area contributed by atoms with Crippen molar-refractivity contribution in [3.05, 3.63) is 83.7 Å². The molecule has 0 fully saturated rings. The number of hydrogen-bond acceptors (Lipinski definition) is 1. The average Bonchev–Trinajstić information content (AvgIpc) is 3.18. The van der Waals surface area contributed by atoms with Crippen molar-refractivity contribution >= 4 is 0 Å². The first-order valence-electron chi connectivity index (χ1n) is 10.8. The highest BCUT2D eigenvalue weighted by molar-refractivity contribution is 5.67. The third-order valence-corrected chi connectivity index (χ3v) is 5.41. The Morgan fingerprint density at radius 3 is 2.03 bits per heavy atom. The van der Waals surface area contributed by atoms with Gasteiger partial charge in [0.2, 0.25) is 0 Å². The molecule has 0 spiro atoms. The molecule has 0 saturated carbocycles. The molecule has 1 heterocycles. The molecule has 0 aliphatic heterocycles. The second-order valence-corrected chi connectivity index (χ2v) is 7.92. The van der Waals surface area contributed by atoms with Gasteiger partial charge in [-0.2, -0.15) is 0 Å². The van der Waals surface area contributed by atoms with Crippen LogP contribution in [0.4, 0.5) is 8.78 Å². The third-order valence-electron chi connectivity index (χ3n) is 5.41. The highest BCUT2D eigenvalue weighted by Crippen LogP contribution is 2.38. The van der Waals surface area contributed by atoms with Crippen molar-refractivity contribution < 1.29 is 8.78 Å². The van der Waals surface area contributed by atoms with E-state index in [0.29, 0.717) is 17.0 Å². The first-order chi connectivity index (χ1) is 14.7. The van der Waals surface area contributed by atoms with Gasteiger partial charge < -0.3 is 0 Å². The minimum atomic E-state index is -0.582. The zero-order valence-corrected chi connectivity index (χ0v) is 20.2. The lowest BCUT2D eigenvalue weighted by Gasteiger charge is -2.27. The maximum Gasteiger partial charge on any atom is 0.147 e. The summed E-state index contributed by atoms with van der Waals surface area (Å²) < 4.78 is 31.0. The van der Waals surface area contributed by atoms with Crippen LogP contribution in [-0.4, -0.2) is 9.55 Å². The van der Waals surface area contributed by atoms with Crippen molar-refractivity contribution in [3.63, 3.8) is 0 Å². The summed E-state index contributed by atoms with van der Waals surface area (Å²) in [4.78, 5) is 4.47. The molecule has 0 aliphatic carbocycles. The first-order valence-corrected chi connectivity index (χ1v) is 10.8. The summed E-state index contributed by atoms with van der Waals surface area (Å²) in [7, 11) is 0. The monoisotopic (exact) mass is 426 g/mol. The predicted molar refractivity (Wildman–Crippen MR) is 129 cm³/mol. The Morgan fingerprint density at radius 1 is 0.968 bits per heavy atom. The summed E-state index contributed by atoms with van der Waals surface area (Å²) in [5, 5.41) is 0. The number of nitrogens with zero attached hydrogens (tertiary/aromatic N) is 2. The van der Waals surface area contributed by atoms with Gasteiger partial charge >= 0.3 is 0 Å². The van der Waals surface area contributed by atoms with Gasteiger partial charge in [-0.05, 0) is 55.4 Å². The van der Waals surface area contributed by atoms with Crippen LogP contribution in [0.25, 0.3) is 17.1 Å². The van der Waals surface area contributed by atoms with E-state index in [1.807, 2.05) is 59.2 Å². The van der Waals surface area contributed by atoms with E-state index < -0.39 is 11.6 Å². The molecule has 0 amide bonds. The molecular formula is C27H36F2N2. The van der Waals surface area contributed by atoms with E-state index in [4.69, 9.17) is 0 Å². The molecule has 0 atom stereocenters. The number of imidazole rings is 1. The predicted octanol–water partition coefficient (Wildman–Crippen LogP) is 8.26. The summed E-state index contributed by atoms with van der Waals surface area (Å²) in [5.41, 5.74) is 4.96. The molecule has 0 bridgehead atoms. The third kappa shape index (κ3) is 5.49. The Hall–Kier alpha value is -2.75. The molecule has 3 rings (SSSR count). The first kappa shape index (κ1) is 26.3. The normalized spacial score (nSPS) is 10.6. The van der Waals surface area contributed by atoms with Crippen LogP contribution in [0.3, 0.4) is 0 Å². The van der Waals surface area contributed by atoms with E-state index in [1.54, 1.807) is 6.20 Å². The fraction of sp³-hybridized carbons (Fsp3) is 0.370. The Kier molecular flexibility index (Phi) is 9.36. The standard InChI is InChI=1S/C23H26F2N2.C2H6.C2H4/c1-7-23(5,6)18-12-17(24)13-19(25)20(18)22-26-8-9-27(22)21-15(3)10-14(2)11-16(21)4;2*1-2/h8-13H,7H2,1-6H3;1-2H3;1-2H2. The lowest BCUT2D eigenvalue weighted by Crippen LogP contribution is -2.19. The van der Waals surface area contributed by atoms with Crippen molar-refractivity contribution in [2.45, 2.75) is 67.2 Å². The SMILES string of the molecule is C=C.CC.CCC(C)(C)c1cc(F)cc(F)c1-c1nccn1-c1c(C)cc(C)cc1C. The molecule has 3 aromatic rings. The van der Waals surface area contributed by atoms with Gasteiger partial charge in [0, 0.05) is 18.5 Å². The molecule has 0 unspecified atom stereocenters. The van der Waals surface area contributed by atoms with Crippen LogP contribution in [0.5, 0.6) is 0 Å². The van der Waals surface area contributed by atoms with Crippen LogP contribution in [0.1, 0.15) is 63.3 Å². The number of aromatic nitrogens is 2. The molecule has 0 N–H and O–H groups in total. The zero-order chi connectivity index (χ0) is 23.9. The maximum absolute atomic E-state index is 15.0. The fourth-order valence-corrected chi connectivity index (χ4v) is 3.75. The van der Waals surface area contributed by atoms with Crippen LogP contribution in [0.15, 0.2) is 49.8 Å². The van der Waals surface area contributed by atoms with Gasteiger partial charge in [-0.15, -0.1) is 13.2 Å². The Morgan fingerprint density at radius 2 is 1.52 bits per heavy atom. The minimum Gasteiger partial charge on any atom is -0.299 e.